The lowest BCUT2D eigenvalue weighted by molar-refractivity contribution is 0.102. The Morgan fingerprint density at radius 1 is 1.00 bits per heavy atom. The smallest absolute Gasteiger partial charge is 0.112 e. The summed E-state index contributed by atoms with van der Waals surface area (Å²) >= 11 is 3.38. The molecule has 0 fully saturated rings. The first-order chi connectivity index (χ1) is 7.60. The van der Waals surface area contributed by atoms with Crippen LogP contribution in [0.2, 0.25) is 0 Å². The summed E-state index contributed by atoms with van der Waals surface area (Å²) in [5, 5.41) is 10.5. The summed E-state index contributed by atoms with van der Waals surface area (Å²) in [7, 11) is 0. The van der Waals surface area contributed by atoms with Crippen molar-refractivity contribution in [1.82, 2.24) is 4.98 Å². The predicted octanol–water partition coefficient (Wildman–Crippen LogP) is 3.10. The first kappa shape index (κ1) is 11.3. The van der Waals surface area contributed by atoms with Gasteiger partial charge >= 0.3 is 0 Å². The summed E-state index contributed by atoms with van der Waals surface area (Å²) in [5.74, 6) is 0. The minimum Gasteiger partial charge on any atom is -0.381 e. The molecule has 2 rings (SSSR count). The van der Waals surface area contributed by atoms with E-state index in [-0.39, 0.29) is 0 Å². The van der Waals surface area contributed by atoms with E-state index in [1.165, 1.54) is 0 Å². The van der Waals surface area contributed by atoms with Crippen LogP contribution in [0.5, 0.6) is 0 Å². The van der Waals surface area contributed by atoms with Gasteiger partial charge < -0.3 is 5.11 Å². The maximum absolute atomic E-state index is 10.5. The van der Waals surface area contributed by atoms with Gasteiger partial charge in [-0.25, -0.2) is 0 Å². The van der Waals surface area contributed by atoms with Gasteiger partial charge in [0, 0.05) is 16.9 Å². The Kier molecular flexibility index (Phi) is 3.08. The van der Waals surface area contributed by atoms with Gasteiger partial charge in [-0.1, -0.05) is 28.1 Å². The fourth-order valence-corrected chi connectivity index (χ4v) is 1.88. The van der Waals surface area contributed by atoms with Crippen molar-refractivity contribution >= 4 is 15.9 Å². The maximum Gasteiger partial charge on any atom is 0.112 e. The van der Waals surface area contributed by atoms with Gasteiger partial charge in [-0.2, -0.15) is 0 Å². The summed E-state index contributed by atoms with van der Waals surface area (Å²) in [6, 6.07) is 11.3. The van der Waals surface area contributed by atoms with E-state index < -0.39 is 5.60 Å². The molecule has 1 aromatic carbocycles. The summed E-state index contributed by atoms with van der Waals surface area (Å²) in [6.45, 7) is 1.78. The molecule has 1 N–H and O–H groups in total. The summed E-state index contributed by atoms with van der Waals surface area (Å²) in [4.78, 5) is 3.95. The van der Waals surface area contributed by atoms with Gasteiger partial charge in [0.1, 0.15) is 5.60 Å². The number of aliphatic hydroxyl groups is 1. The van der Waals surface area contributed by atoms with Crippen molar-refractivity contribution in [3.8, 4) is 0 Å². The van der Waals surface area contributed by atoms with Gasteiger partial charge in [0.05, 0.1) is 0 Å². The third-order valence-corrected chi connectivity index (χ3v) is 3.18. The van der Waals surface area contributed by atoms with E-state index in [1.54, 1.807) is 19.3 Å². The molecule has 2 nitrogen and oxygen atoms in total. The zero-order chi connectivity index (χ0) is 11.6. The van der Waals surface area contributed by atoms with Crippen LogP contribution < -0.4 is 0 Å². The molecule has 0 saturated carbocycles. The molecule has 1 aromatic heterocycles. The molecule has 0 spiro atoms. The van der Waals surface area contributed by atoms with Crippen LogP contribution in [-0.2, 0) is 5.60 Å². The number of benzene rings is 1. The molecule has 0 aliphatic rings. The number of hydrogen-bond acceptors (Lipinski definition) is 2. The standard InChI is InChI=1S/C13H12BrNO/c1-13(16,11-6-8-15-9-7-11)10-2-4-12(14)5-3-10/h2-9,16H,1H3. The van der Waals surface area contributed by atoms with Gasteiger partial charge in [0.15, 0.2) is 0 Å². The second-order valence-electron chi connectivity index (χ2n) is 3.81. The molecule has 0 bridgehead atoms. The Balaban J connectivity index is 2.43. The molecule has 1 atom stereocenters. The molecular weight excluding hydrogens is 266 g/mol. The van der Waals surface area contributed by atoms with Crippen LogP contribution in [0.15, 0.2) is 53.3 Å². The average Bonchev–Trinajstić information content (AvgIpc) is 2.31. The molecule has 2 aromatic rings. The Bertz CT molecular complexity index is 465. The van der Waals surface area contributed by atoms with Gasteiger partial charge in [-0.3, -0.25) is 4.98 Å². The minimum absolute atomic E-state index is 0.838. The van der Waals surface area contributed by atoms with Crippen molar-refractivity contribution < 1.29 is 5.11 Å². The van der Waals surface area contributed by atoms with Gasteiger partial charge in [0.25, 0.3) is 0 Å². The SMILES string of the molecule is CC(O)(c1ccncc1)c1ccc(Br)cc1. The number of pyridine rings is 1. The fraction of sp³-hybridized carbons (Fsp3) is 0.154. The third-order valence-electron chi connectivity index (χ3n) is 2.65. The highest BCUT2D eigenvalue weighted by molar-refractivity contribution is 9.10. The van der Waals surface area contributed by atoms with Crippen LogP contribution in [0.3, 0.4) is 0 Å². The molecule has 0 radical (unpaired) electrons. The molecule has 1 unspecified atom stereocenters. The van der Waals surface area contributed by atoms with Crippen molar-refractivity contribution in [3.05, 3.63) is 64.4 Å². The van der Waals surface area contributed by atoms with Crippen LogP contribution in [0.25, 0.3) is 0 Å². The largest absolute Gasteiger partial charge is 0.381 e. The number of rotatable bonds is 2. The second kappa shape index (κ2) is 4.36. The monoisotopic (exact) mass is 277 g/mol. The van der Waals surface area contributed by atoms with Gasteiger partial charge in [0.2, 0.25) is 0 Å². The quantitative estimate of drug-likeness (QED) is 0.915. The lowest BCUT2D eigenvalue weighted by atomic mass is 9.89. The molecule has 0 saturated heterocycles. The second-order valence-corrected chi connectivity index (χ2v) is 4.73. The fourth-order valence-electron chi connectivity index (χ4n) is 1.62. The first-order valence-corrected chi connectivity index (χ1v) is 5.79. The minimum atomic E-state index is -0.982. The molecule has 1 heterocycles. The van der Waals surface area contributed by atoms with Gasteiger partial charge in [-0.15, -0.1) is 0 Å². The molecule has 3 heteroatoms. The van der Waals surface area contributed by atoms with Crippen LogP contribution in [0.1, 0.15) is 18.1 Å². The molecule has 0 aliphatic heterocycles. The molecular formula is C13H12BrNO. The lowest BCUT2D eigenvalue weighted by Crippen LogP contribution is -2.22. The lowest BCUT2D eigenvalue weighted by Gasteiger charge is -2.24. The summed E-state index contributed by atoms with van der Waals surface area (Å²) in [6.07, 6.45) is 3.37. The predicted molar refractivity (Wildman–Crippen MR) is 67.1 cm³/mol. The van der Waals surface area contributed by atoms with E-state index in [4.69, 9.17) is 0 Å². The highest BCUT2D eigenvalue weighted by atomic mass is 79.9. The molecule has 0 amide bonds. The zero-order valence-corrected chi connectivity index (χ0v) is 10.5. The van der Waals surface area contributed by atoms with Gasteiger partial charge in [-0.05, 0) is 42.3 Å². The third kappa shape index (κ3) is 2.15. The van der Waals surface area contributed by atoms with E-state index >= 15 is 0 Å². The van der Waals surface area contributed by atoms with Crippen LogP contribution >= 0.6 is 15.9 Å². The van der Waals surface area contributed by atoms with Crippen molar-refractivity contribution in [3.63, 3.8) is 0 Å². The summed E-state index contributed by atoms with van der Waals surface area (Å²) < 4.78 is 1.00. The first-order valence-electron chi connectivity index (χ1n) is 4.99. The maximum atomic E-state index is 10.5. The Morgan fingerprint density at radius 2 is 1.50 bits per heavy atom. The van der Waals surface area contributed by atoms with Crippen molar-refractivity contribution in [1.29, 1.82) is 0 Å². The number of halogens is 1. The van der Waals surface area contributed by atoms with E-state index in [0.717, 1.165) is 15.6 Å². The molecule has 82 valence electrons. The Labute approximate surface area is 103 Å². The average molecular weight is 278 g/mol. The van der Waals surface area contributed by atoms with E-state index in [9.17, 15) is 5.11 Å². The number of hydrogen-bond donors (Lipinski definition) is 1. The number of aromatic nitrogens is 1. The van der Waals surface area contributed by atoms with E-state index in [0.29, 0.717) is 0 Å². The highest BCUT2D eigenvalue weighted by Crippen LogP contribution is 2.29. The van der Waals surface area contributed by atoms with Crippen LogP contribution in [0, 0.1) is 0 Å². The van der Waals surface area contributed by atoms with Crippen molar-refractivity contribution in [2.75, 3.05) is 0 Å². The molecule has 16 heavy (non-hydrogen) atoms. The summed E-state index contributed by atoms with van der Waals surface area (Å²) in [5.41, 5.74) is 0.718. The molecule has 0 aliphatic carbocycles. The van der Waals surface area contributed by atoms with E-state index in [1.807, 2.05) is 36.4 Å². The van der Waals surface area contributed by atoms with Crippen molar-refractivity contribution in [2.45, 2.75) is 12.5 Å². The Hall–Kier alpha value is -1.19. The van der Waals surface area contributed by atoms with Crippen LogP contribution in [-0.4, -0.2) is 10.1 Å². The Morgan fingerprint density at radius 3 is 2.06 bits per heavy atom. The normalized spacial score (nSPS) is 14.4. The zero-order valence-electron chi connectivity index (χ0n) is 8.89. The number of nitrogens with zero attached hydrogens (tertiary/aromatic N) is 1. The highest BCUT2D eigenvalue weighted by Gasteiger charge is 2.24. The topological polar surface area (TPSA) is 33.1 Å². The van der Waals surface area contributed by atoms with E-state index in [2.05, 4.69) is 20.9 Å². The van der Waals surface area contributed by atoms with Crippen molar-refractivity contribution in [2.24, 2.45) is 0 Å². The van der Waals surface area contributed by atoms with Crippen LogP contribution in [0.4, 0.5) is 0 Å².